The average Bonchev–Trinajstić information content (AvgIpc) is 2.39. The first-order valence-electron chi connectivity index (χ1n) is 6.66. The van der Waals surface area contributed by atoms with Crippen LogP contribution in [0.5, 0.6) is 5.75 Å². The molecule has 0 heterocycles. The van der Waals surface area contributed by atoms with Crippen molar-refractivity contribution in [3.8, 4) is 5.75 Å². The van der Waals surface area contributed by atoms with E-state index in [1.165, 1.54) is 0 Å². The van der Waals surface area contributed by atoms with Gasteiger partial charge in [-0.3, -0.25) is 4.79 Å². The first-order valence-corrected chi connectivity index (χ1v) is 6.66. The van der Waals surface area contributed by atoms with Gasteiger partial charge in [0.25, 0.3) is 5.91 Å². The number of ether oxygens (including phenoxy) is 1. The lowest BCUT2D eigenvalue weighted by atomic mass is 10.1. The Kier molecular flexibility index (Phi) is 6.26. The molecule has 0 aliphatic heterocycles. The van der Waals surface area contributed by atoms with E-state index in [1.54, 1.807) is 13.2 Å². The summed E-state index contributed by atoms with van der Waals surface area (Å²) in [6.45, 7) is 4.28. The molecule has 1 aromatic carbocycles. The molecule has 18 heavy (non-hydrogen) atoms. The van der Waals surface area contributed by atoms with Crippen LogP contribution in [-0.4, -0.2) is 19.1 Å². The largest absolute Gasteiger partial charge is 0.497 e. The Balaban J connectivity index is 2.67. The molecule has 0 radical (unpaired) electrons. The molecular weight excluding hydrogens is 226 g/mol. The van der Waals surface area contributed by atoms with Crippen molar-refractivity contribution in [2.24, 2.45) is 0 Å². The Bertz CT molecular complexity index is 371. The van der Waals surface area contributed by atoms with Gasteiger partial charge in [-0.1, -0.05) is 32.8 Å². The molecular formula is C15H23NO2. The van der Waals surface area contributed by atoms with E-state index in [0.717, 1.165) is 25.7 Å². The minimum atomic E-state index is -0.0131. The number of hydrogen-bond donors (Lipinski definition) is 1. The Morgan fingerprint density at radius 3 is 2.50 bits per heavy atom. The molecule has 1 N–H and O–H groups in total. The molecule has 0 unspecified atom stereocenters. The van der Waals surface area contributed by atoms with Crippen LogP contribution in [0.4, 0.5) is 0 Å². The van der Waals surface area contributed by atoms with Crippen LogP contribution in [0.1, 0.15) is 49.9 Å². The second kappa shape index (κ2) is 7.75. The summed E-state index contributed by atoms with van der Waals surface area (Å²) in [4.78, 5) is 12.1. The van der Waals surface area contributed by atoms with Gasteiger partial charge in [0.15, 0.2) is 0 Å². The predicted octanol–water partition coefficient (Wildman–Crippen LogP) is 3.39. The van der Waals surface area contributed by atoms with Crippen LogP contribution in [0.25, 0.3) is 0 Å². The fourth-order valence-corrected chi connectivity index (χ4v) is 2.02. The van der Waals surface area contributed by atoms with Crippen LogP contribution in [-0.2, 0) is 0 Å². The number of methoxy groups -OCH3 is 1. The Morgan fingerprint density at radius 2 is 1.94 bits per heavy atom. The van der Waals surface area contributed by atoms with Crippen molar-refractivity contribution >= 4 is 5.91 Å². The zero-order chi connectivity index (χ0) is 13.4. The highest BCUT2D eigenvalue weighted by molar-refractivity contribution is 5.94. The van der Waals surface area contributed by atoms with Gasteiger partial charge < -0.3 is 10.1 Å². The van der Waals surface area contributed by atoms with Crippen molar-refractivity contribution in [2.75, 3.05) is 7.11 Å². The van der Waals surface area contributed by atoms with Gasteiger partial charge >= 0.3 is 0 Å². The standard InChI is InChI=1S/C15H23NO2/c1-4-7-13(8-5-2)16-15(17)12-9-6-10-14(11-12)18-3/h6,9-11,13H,4-5,7-8H2,1-3H3,(H,16,17). The van der Waals surface area contributed by atoms with Crippen LogP contribution in [0, 0.1) is 0 Å². The number of nitrogens with one attached hydrogen (secondary N) is 1. The number of carbonyl (C=O) groups is 1. The van der Waals surface area contributed by atoms with Gasteiger partial charge in [0, 0.05) is 11.6 Å². The van der Waals surface area contributed by atoms with Crippen LogP contribution < -0.4 is 10.1 Å². The van der Waals surface area contributed by atoms with Crippen molar-refractivity contribution in [3.63, 3.8) is 0 Å². The molecule has 0 aliphatic rings. The van der Waals surface area contributed by atoms with Gasteiger partial charge in [-0.2, -0.15) is 0 Å². The van der Waals surface area contributed by atoms with Crippen LogP contribution in [0.2, 0.25) is 0 Å². The summed E-state index contributed by atoms with van der Waals surface area (Å²) in [5.74, 6) is 0.700. The zero-order valence-electron chi connectivity index (χ0n) is 11.5. The second-order valence-corrected chi connectivity index (χ2v) is 4.48. The number of amides is 1. The first-order chi connectivity index (χ1) is 8.71. The molecule has 0 atom stereocenters. The fourth-order valence-electron chi connectivity index (χ4n) is 2.02. The van der Waals surface area contributed by atoms with Gasteiger partial charge in [0.1, 0.15) is 5.75 Å². The first kappa shape index (κ1) is 14.6. The topological polar surface area (TPSA) is 38.3 Å². The summed E-state index contributed by atoms with van der Waals surface area (Å²) < 4.78 is 5.12. The molecule has 0 saturated carbocycles. The van der Waals surface area contributed by atoms with E-state index in [2.05, 4.69) is 19.2 Å². The van der Waals surface area contributed by atoms with E-state index in [9.17, 15) is 4.79 Å². The van der Waals surface area contributed by atoms with Gasteiger partial charge in [0.2, 0.25) is 0 Å². The molecule has 0 spiro atoms. The van der Waals surface area contributed by atoms with Crippen LogP contribution in [0.3, 0.4) is 0 Å². The molecule has 100 valence electrons. The number of benzene rings is 1. The van der Waals surface area contributed by atoms with E-state index in [-0.39, 0.29) is 11.9 Å². The van der Waals surface area contributed by atoms with E-state index >= 15 is 0 Å². The molecule has 0 saturated heterocycles. The van der Waals surface area contributed by atoms with Crippen molar-refractivity contribution in [1.29, 1.82) is 0 Å². The number of rotatable bonds is 7. The quantitative estimate of drug-likeness (QED) is 0.804. The summed E-state index contributed by atoms with van der Waals surface area (Å²) in [7, 11) is 1.61. The molecule has 3 heteroatoms. The molecule has 3 nitrogen and oxygen atoms in total. The molecule has 0 bridgehead atoms. The SMILES string of the molecule is CCCC(CCC)NC(=O)c1cccc(OC)c1. The maximum absolute atomic E-state index is 12.1. The summed E-state index contributed by atoms with van der Waals surface area (Å²) in [5.41, 5.74) is 0.659. The van der Waals surface area contributed by atoms with E-state index in [0.29, 0.717) is 11.3 Å². The number of hydrogen-bond acceptors (Lipinski definition) is 2. The highest BCUT2D eigenvalue weighted by Crippen LogP contribution is 2.13. The van der Waals surface area contributed by atoms with Gasteiger partial charge in [-0.05, 0) is 31.0 Å². The second-order valence-electron chi connectivity index (χ2n) is 4.48. The summed E-state index contributed by atoms with van der Waals surface area (Å²) in [6.07, 6.45) is 4.24. The van der Waals surface area contributed by atoms with Crippen molar-refractivity contribution in [3.05, 3.63) is 29.8 Å². The normalized spacial score (nSPS) is 10.4. The lowest BCUT2D eigenvalue weighted by Crippen LogP contribution is -2.34. The van der Waals surface area contributed by atoms with Gasteiger partial charge in [-0.15, -0.1) is 0 Å². The Hall–Kier alpha value is -1.51. The summed E-state index contributed by atoms with van der Waals surface area (Å²) >= 11 is 0. The van der Waals surface area contributed by atoms with Crippen LogP contribution >= 0.6 is 0 Å². The van der Waals surface area contributed by atoms with E-state index in [1.807, 2.05) is 18.2 Å². The third-order valence-electron chi connectivity index (χ3n) is 2.94. The summed E-state index contributed by atoms with van der Waals surface area (Å²) in [6, 6.07) is 7.53. The molecule has 1 amide bonds. The monoisotopic (exact) mass is 249 g/mol. The lowest BCUT2D eigenvalue weighted by molar-refractivity contribution is 0.0932. The third-order valence-corrected chi connectivity index (χ3v) is 2.94. The molecule has 0 aromatic heterocycles. The average molecular weight is 249 g/mol. The zero-order valence-corrected chi connectivity index (χ0v) is 11.5. The highest BCUT2D eigenvalue weighted by Gasteiger charge is 2.12. The maximum Gasteiger partial charge on any atom is 0.251 e. The molecule has 1 rings (SSSR count). The van der Waals surface area contributed by atoms with Crippen molar-refractivity contribution in [1.82, 2.24) is 5.32 Å². The molecule has 0 aliphatic carbocycles. The third kappa shape index (κ3) is 4.40. The van der Waals surface area contributed by atoms with Crippen molar-refractivity contribution < 1.29 is 9.53 Å². The minimum absolute atomic E-state index is 0.0131. The van der Waals surface area contributed by atoms with Gasteiger partial charge in [-0.25, -0.2) is 0 Å². The highest BCUT2D eigenvalue weighted by atomic mass is 16.5. The Morgan fingerprint density at radius 1 is 1.28 bits per heavy atom. The summed E-state index contributed by atoms with van der Waals surface area (Å²) in [5, 5.41) is 3.09. The van der Waals surface area contributed by atoms with Crippen molar-refractivity contribution in [2.45, 2.75) is 45.6 Å². The number of carbonyl (C=O) groups excluding carboxylic acids is 1. The minimum Gasteiger partial charge on any atom is -0.497 e. The molecule has 0 fully saturated rings. The van der Waals surface area contributed by atoms with E-state index < -0.39 is 0 Å². The predicted molar refractivity (Wildman–Crippen MR) is 74.1 cm³/mol. The van der Waals surface area contributed by atoms with Gasteiger partial charge in [0.05, 0.1) is 7.11 Å². The molecule has 1 aromatic rings. The van der Waals surface area contributed by atoms with E-state index in [4.69, 9.17) is 4.74 Å². The smallest absolute Gasteiger partial charge is 0.251 e. The maximum atomic E-state index is 12.1. The fraction of sp³-hybridized carbons (Fsp3) is 0.533. The Labute approximate surface area is 110 Å². The van der Waals surface area contributed by atoms with Crippen LogP contribution in [0.15, 0.2) is 24.3 Å². The lowest BCUT2D eigenvalue weighted by Gasteiger charge is -2.17.